The molecule has 2 aromatic heterocycles. The van der Waals surface area contributed by atoms with Crippen molar-refractivity contribution in [3.8, 4) is 11.6 Å². The van der Waals surface area contributed by atoms with Gasteiger partial charge in [-0.1, -0.05) is 34.6 Å². The number of morpholine rings is 1. The number of hydrogen-bond acceptors (Lipinski definition) is 9. The lowest BCUT2D eigenvalue weighted by Gasteiger charge is -2.26. The molecule has 3 heterocycles. The number of benzene rings is 1. The van der Waals surface area contributed by atoms with Crippen LogP contribution in [0.1, 0.15) is 48.6 Å². The molecule has 170 valence electrons. The normalized spacial score (nSPS) is 22.3. The fourth-order valence-corrected chi connectivity index (χ4v) is 4.36. The molecule has 0 bridgehead atoms. The first-order chi connectivity index (χ1) is 15.7. The van der Waals surface area contributed by atoms with Crippen LogP contribution in [0.15, 0.2) is 28.8 Å². The molecule has 10 heteroatoms. The summed E-state index contributed by atoms with van der Waals surface area (Å²) in [6, 6.07) is 8.48. The topological polar surface area (TPSA) is 128 Å². The molecule has 5 rings (SSSR count). The Kier molecular flexibility index (Phi) is 6.15. The number of aromatic nitrogens is 5. The van der Waals surface area contributed by atoms with Gasteiger partial charge < -0.3 is 20.1 Å². The first-order valence-electron chi connectivity index (χ1n) is 11.2. The summed E-state index contributed by atoms with van der Waals surface area (Å²) in [6.45, 7) is 4.99. The van der Waals surface area contributed by atoms with Gasteiger partial charge in [0.25, 0.3) is 5.89 Å². The number of ether oxygens (including phenoxy) is 1. The van der Waals surface area contributed by atoms with Crippen LogP contribution in [0.5, 0.6) is 0 Å². The van der Waals surface area contributed by atoms with Crippen LogP contribution >= 0.6 is 0 Å². The van der Waals surface area contributed by atoms with E-state index >= 15 is 0 Å². The number of aliphatic hydroxyl groups is 1. The Morgan fingerprint density at radius 1 is 1.00 bits per heavy atom. The fourth-order valence-electron chi connectivity index (χ4n) is 4.36. The maximum absolute atomic E-state index is 9.70. The van der Waals surface area contributed by atoms with Gasteiger partial charge in [-0.25, -0.2) is 4.68 Å². The summed E-state index contributed by atoms with van der Waals surface area (Å²) in [5.74, 6) is 1.53. The molecule has 1 aromatic carbocycles. The Morgan fingerprint density at radius 3 is 2.41 bits per heavy atom. The van der Waals surface area contributed by atoms with Gasteiger partial charge in [0.1, 0.15) is 0 Å². The number of aliphatic hydroxyl groups excluding tert-OH is 1. The molecule has 1 aliphatic heterocycles. The molecule has 2 aliphatic rings. The number of nitrogens with zero attached hydrogens (tertiary/aromatic N) is 6. The molecular weight excluding hydrogens is 410 g/mol. The predicted molar refractivity (Wildman–Crippen MR) is 117 cm³/mol. The van der Waals surface area contributed by atoms with Crippen molar-refractivity contribution >= 4 is 5.82 Å². The predicted octanol–water partition coefficient (Wildman–Crippen LogP) is 1.81. The zero-order valence-corrected chi connectivity index (χ0v) is 18.1. The van der Waals surface area contributed by atoms with Gasteiger partial charge in [-0.15, -0.1) is 5.10 Å². The van der Waals surface area contributed by atoms with Crippen LogP contribution in [0.4, 0.5) is 5.82 Å². The van der Waals surface area contributed by atoms with E-state index in [-0.39, 0.29) is 17.9 Å². The lowest BCUT2D eigenvalue weighted by molar-refractivity contribution is 0.0342. The standard InChI is InChI=1S/C22H29N7O3/c23-20-19(22-24-21(26-32-22)17-5-7-18(30)8-6-17)25-27-29(20)14-16-3-1-15(2-4-16)13-28-9-11-31-12-10-28/h1-4,17-18,30H,5-14,23H2. The first-order valence-corrected chi connectivity index (χ1v) is 11.2. The maximum Gasteiger partial charge on any atom is 0.282 e. The summed E-state index contributed by atoms with van der Waals surface area (Å²) >= 11 is 0. The van der Waals surface area contributed by atoms with Gasteiger partial charge >= 0.3 is 0 Å². The van der Waals surface area contributed by atoms with E-state index in [2.05, 4.69) is 49.6 Å². The SMILES string of the molecule is Nc1c(-c2nc(C3CCC(O)CC3)no2)nnn1Cc1ccc(CN2CCOCC2)cc1. The van der Waals surface area contributed by atoms with Crippen LogP contribution in [-0.4, -0.2) is 67.5 Å². The Hall–Kier alpha value is -2.82. The molecule has 0 amide bonds. The highest BCUT2D eigenvalue weighted by atomic mass is 16.5. The minimum Gasteiger partial charge on any atom is -0.393 e. The van der Waals surface area contributed by atoms with Crippen molar-refractivity contribution in [1.29, 1.82) is 0 Å². The average Bonchev–Trinajstić information content (AvgIpc) is 3.44. The average molecular weight is 440 g/mol. The molecule has 0 radical (unpaired) electrons. The first kappa shape index (κ1) is 21.0. The van der Waals surface area contributed by atoms with E-state index in [1.807, 2.05) is 0 Å². The lowest BCUT2D eigenvalue weighted by atomic mass is 9.87. The summed E-state index contributed by atoms with van der Waals surface area (Å²) in [7, 11) is 0. The molecule has 0 unspecified atom stereocenters. The zero-order valence-electron chi connectivity index (χ0n) is 18.1. The van der Waals surface area contributed by atoms with E-state index in [9.17, 15) is 5.11 Å². The minimum atomic E-state index is -0.221. The number of anilines is 1. The van der Waals surface area contributed by atoms with Crippen molar-refractivity contribution in [2.45, 2.75) is 50.8 Å². The summed E-state index contributed by atoms with van der Waals surface area (Å²) in [5.41, 5.74) is 9.07. The molecule has 0 spiro atoms. The van der Waals surface area contributed by atoms with E-state index in [4.69, 9.17) is 15.0 Å². The van der Waals surface area contributed by atoms with Gasteiger partial charge in [0.2, 0.25) is 0 Å². The largest absolute Gasteiger partial charge is 0.393 e. The van der Waals surface area contributed by atoms with Crippen molar-refractivity contribution in [2.75, 3.05) is 32.0 Å². The Bertz CT molecular complexity index is 1020. The smallest absolute Gasteiger partial charge is 0.282 e. The number of rotatable bonds is 6. The Labute approximate surface area is 186 Å². The van der Waals surface area contributed by atoms with Crippen LogP contribution in [0.3, 0.4) is 0 Å². The lowest BCUT2D eigenvalue weighted by Crippen LogP contribution is -2.35. The molecule has 32 heavy (non-hydrogen) atoms. The second-order valence-electron chi connectivity index (χ2n) is 8.65. The number of hydrogen-bond donors (Lipinski definition) is 2. The van der Waals surface area contributed by atoms with E-state index in [1.54, 1.807) is 4.68 Å². The van der Waals surface area contributed by atoms with Gasteiger partial charge in [-0.05, 0) is 36.8 Å². The van der Waals surface area contributed by atoms with Crippen LogP contribution in [-0.2, 0) is 17.8 Å². The molecule has 2 fully saturated rings. The van der Waals surface area contributed by atoms with Gasteiger partial charge in [0.05, 0.1) is 25.9 Å². The van der Waals surface area contributed by atoms with Crippen LogP contribution in [0.2, 0.25) is 0 Å². The van der Waals surface area contributed by atoms with Crippen molar-refractivity contribution in [3.63, 3.8) is 0 Å². The Morgan fingerprint density at radius 2 is 1.69 bits per heavy atom. The number of nitrogens with two attached hydrogens (primary N) is 1. The highest BCUT2D eigenvalue weighted by Crippen LogP contribution is 2.32. The molecule has 1 saturated heterocycles. The van der Waals surface area contributed by atoms with Crippen molar-refractivity contribution in [3.05, 3.63) is 41.2 Å². The van der Waals surface area contributed by atoms with Crippen molar-refractivity contribution in [1.82, 2.24) is 30.0 Å². The van der Waals surface area contributed by atoms with Crippen LogP contribution in [0.25, 0.3) is 11.6 Å². The van der Waals surface area contributed by atoms with Crippen molar-refractivity contribution < 1.29 is 14.4 Å². The van der Waals surface area contributed by atoms with E-state index in [0.29, 0.717) is 23.9 Å². The molecule has 1 aliphatic carbocycles. The third-order valence-corrected chi connectivity index (χ3v) is 6.34. The van der Waals surface area contributed by atoms with E-state index < -0.39 is 0 Å². The molecule has 1 saturated carbocycles. The van der Waals surface area contributed by atoms with Crippen LogP contribution in [0, 0.1) is 0 Å². The van der Waals surface area contributed by atoms with Crippen molar-refractivity contribution in [2.24, 2.45) is 0 Å². The number of nitrogen functional groups attached to an aromatic ring is 1. The summed E-state index contributed by atoms with van der Waals surface area (Å²) in [4.78, 5) is 6.91. The second-order valence-corrected chi connectivity index (χ2v) is 8.65. The third-order valence-electron chi connectivity index (χ3n) is 6.34. The van der Waals surface area contributed by atoms with Crippen LogP contribution < -0.4 is 5.73 Å². The third kappa shape index (κ3) is 4.67. The maximum atomic E-state index is 9.70. The summed E-state index contributed by atoms with van der Waals surface area (Å²) in [5, 5.41) is 22.2. The second kappa shape index (κ2) is 9.35. The molecule has 0 atom stereocenters. The quantitative estimate of drug-likeness (QED) is 0.591. The summed E-state index contributed by atoms with van der Waals surface area (Å²) < 4.78 is 12.5. The monoisotopic (exact) mass is 439 g/mol. The molecule has 10 nitrogen and oxygen atoms in total. The molecule has 3 aromatic rings. The highest BCUT2D eigenvalue weighted by Gasteiger charge is 2.26. The van der Waals surface area contributed by atoms with E-state index in [1.165, 1.54) is 5.56 Å². The van der Waals surface area contributed by atoms with Gasteiger partial charge in [-0.2, -0.15) is 4.98 Å². The minimum absolute atomic E-state index is 0.197. The van der Waals surface area contributed by atoms with Gasteiger partial charge in [0, 0.05) is 25.6 Å². The molecular formula is C22H29N7O3. The Balaban J connectivity index is 1.23. The van der Waals surface area contributed by atoms with Gasteiger partial charge in [-0.3, -0.25) is 4.90 Å². The fraction of sp³-hybridized carbons (Fsp3) is 0.545. The van der Waals surface area contributed by atoms with Gasteiger partial charge in [0.15, 0.2) is 17.3 Å². The zero-order chi connectivity index (χ0) is 21.9. The highest BCUT2D eigenvalue weighted by molar-refractivity contribution is 5.61. The van der Waals surface area contributed by atoms with E-state index in [0.717, 1.165) is 64.1 Å². The molecule has 3 N–H and O–H groups in total. The summed E-state index contributed by atoms with van der Waals surface area (Å²) in [6.07, 6.45) is 3.01.